The number of amides is 1. The molecule has 2 aliphatic rings. The monoisotopic (exact) mass is 466 g/mol. The molecule has 0 aliphatic carbocycles. The van der Waals surface area contributed by atoms with E-state index in [4.69, 9.17) is 0 Å². The van der Waals surface area contributed by atoms with E-state index in [1.165, 1.54) is 36.2 Å². The summed E-state index contributed by atoms with van der Waals surface area (Å²) in [6, 6.07) is 6.73. The third-order valence-electron chi connectivity index (χ3n) is 5.84. The Balaban J connectivity index is 1.84. The molecule has 1 saturated heterocycles. The molecule has 0 saturated carbocycles. The van der Waals surface area contributed by atoms with E-state index in [1.807, 2.05) is 0 Å². The first-order valence-electron chi connectivity index (χ1n) is 9.20. The Morgan fingerprint density at radius 3 is 2.06 bits per heavy atom. The summed E-state index contributed by atoms with van der Waals surface area (Å²) in [4.78, 5) is 13.2. The van der Waals surface area contributed by atoms with Gasteiger partial charge in [0.25, 0.3) is 5.91 Å². The zero-order chi connectivity index (χ0) is 22.9. The van der Waals surface area contributed by atoms with Crippen LogP contribution in [0, 0.1) is 11.8 Å². The van der Waals surface area contributed by atoms with Crippen molar-refractivity contribution in [3.8, 4) is 0 Å². The fourth-order valence-corrected chi connectivity index (χ4v) is 5.92. The third-order valence-corrected chi connectivity index (χ3v) is 7.73. The maximum atomic E-state index is 13.3. The molecule has 168 valence electrons. The summed E-state index contributed by atoms with van der Waals surface area (Å²) in [6.45, 7) is -2.19. The summed E-state index contributed by atoms with van der Waals surface area (Å²) >= 11 is 0. The van der Waals surface area contributed by atoms with Gasteiger partial charge in [0.2, 0.25) is 10.0 Å². The minimum Gasteiger partial charge on any atom is -0.311 e. The van der Waals surface area contributed by atoms with Crippen LogP contribution in [-0.4, -0.2) is 51.1 Å². The first-order valence-corrected chi connectivity index (χ1v) is 10.6. The molecular weight excluding hydrogens is 450 g/mol. The van der Waals surface area contributed by atoms with Gasteiger partial charge in [-0.3, -0.25) is 4.79 Å². The second-order valence-electron chi connectivity index (χ2n) is 7.71. The van der Waals surface area contributed by atoms with E-state index < -0.39 is 58.6 Å². The number of nitrogens with zero attached hydrogens (tertiary/aromatic N) is 2. The molecule has 0 bridgehead atoms. The van der Waals surface area contributed by atoms with Crippen molar-refractivity contribution >= 4 is 32.4 Å². The molecule has 2 atom stereocenters. The highest BCUT2D eigenvalue weighted by atomic mass is 32.2. The Bertz CT molecular complexity index is 1150. The van der Waals surface area contributed by atoms with Gasteiger partial charge in [0, 0.05) is 36.5 Å². The van der Waals surface area contributed by atoms with Crippen molar-refractivity contribution in [2.45, 2.75) is 23.7 Å². The van der Waals surface area contributed by atoms with Gasteiger partial charge in [-0.05, 0) is 24.6 Å². The van der Waals surface area contributed by atoms with Gasteiger partial charge in [-0.2, -0.15) is 30.6 Å². The molecule has 0 aromatic heterocycles. The zero-order valence-electron chi connectivity index (χ0n) is 16.0. The fraction of sp³-hybridized carbons (Fsp3) is 0.421. The average molecular weight is 466 g/mol. The number of carbonyl (C=O) groups excluding carboxylic acids is 1. The molecule has 0 spiro atoms. The van der Waals surface area contributed by atoms with Gasteiger partial charge in [-0.15, -0.1) is 0 Å². The van der Waals surface area contributed by atoms with Gasteiger partial charge in [-0.25, -0.2) is 8.42 Å². The minimum absolute atomic E-state index is 0.0744. The van der Waals surface area contributed by atoms with Crippen molar-refractivity contribution in [2.75, 3.05) is 25.0 Å². The molecule has 31 heavy (non-hydrogen) atoms. The normalized spacial score (nSPS) is 23.1. The number of rotatable bonds is 2. The Morgan fingerprint density at radius 1 is 0.935 bits per heavy atom. The molecule has 5 nitrogen and oxygen atoms in total. The fourth-order valence-electron chi connectivity index (χ4n) is 4.20. The highest BCUT2D eigenvalue weighted by Gasteiger charge is 2.53. The number of carbonyl (C=O) groups is 1. The molecule has 0 N–H and O–H groups in total. The van der Waals surface area contributed by atoms with Crippen LogP contribution in [0.1, 0.15) is 16.8 Å². The number of sulfonamides is 1. The Kier molecular flexibility index (Phi) is 4.82. The van der Waals surface area contributed by atoms with Gasteiger partial charge in [0.05, 0.1) is 22.4 Å². The van der Waals surface area contributed by atoms with E-state index >= 15 is 0 Å². The Morgan fingerprint density at radius 2 is 1.52 bits per heavy atom. The number of hydrogen-bond donors (Lipinski definition) is 0. The van der Waals surface area contributed by atoms with Crippen molar-refractivity contribution in [3.63, 3.8) is 0 Å². The number of piperidine rings is 1. The second-order valence-corrected chi connectivity index (χ2v) is 9.62. The first-order chi connectivity index (χ1) is 14.2. The van der Waals surface area contributed by atoms with Crippen LogP contribution in [-0.2, 0) is 10.0 Å². The molecule has 4 rings (SSSR count). The molecule has 1 fully saturated rings. The maximum Gasteiger partial charge on any atom is 0.393 e. The molecule has 2 unspecified atom stereocenters. The lowest BCUT2D eigenvalue weighted by Gasteiger charge is -2.38. The first kappa shape index (κ1) is 21.9. The molecule has 0 radical (unpaired) electrons. The number of alkyl halides is 6. The highest BCUT2D eigenvalue weighted by molar-refractivity contribution is 7.89. The van der Waals surface area contributed by atoms with E-state index in [1.54, 1.807) is 0 Å². The van der Waals surface area contributed by atoms with E-state index in [0.29, 0.717) is 11.1 Å². The third kappa shape index (κ3) is 3.45. The van der Waals surface area contributed by atoms with Gasteiger partial charge >= 0.3 is 12.4 Å². The van der Waals surface area contributed by atoms with Crippen LogP contribution in [0.3, 0.4) is 0 Å². The number of benzene rings is 2. The second kappa shape index (κ2) is 6.83. The van der Waals surface area contributed by atoms with E-state index in [2.05, 4.69) is 0 Å². The average Bonchev–Trinajstić information content (AvgIpc) is 2.93. The lowest BCUT2D eigenvalue weighted by atomic mass is 9.89. The molecular formula is C19H16F6N2O3S. The smallest absolute Gasteiger partial charge is 0.311 e. The van der Waals surface area contributed by atoms with Crippen LogP contribution in [0.25, 0.3) is 10.8 Å². The molecule has 2 aromatic carbocycles. The summed E-state index contributed by atoms with van der Waals surface area (Å²) in [5, 5.41) is 0.373. The summed E-state index contributed by atoms with van der Waals surface area (Å²) in [6.07, 6.45) is -11.2. The van der Waals surface area contributed by atoms with Crippen LogP contribution in [0.4, 0.5) is 32.0 Å². The van der Waals surface area contributed by atoms with E-state index in [9.17, 15) is 39.6 Å². The van der Waals surface area contributed by atoms with E-state index in [-0.39, 0.29) is 21.2 Å². The SMILES string of the molecule is CN1C(=O)c2cccc3c(S(=O)(=O)N4CC(C(F)(F)F)CC(C(F)(F)F)C4)ccc1c23. The number of anilines is 1. The molecule has 2 aliphatic heterocycles. The minimum atomic E-state index is -4.98. The standard InChI is InChI=1S/C19H16F6N2O3S/c1-26-14-5-6-15(12-3-2-4-13(16(12)14)17(26)28)31(29,30)27-8-10(18(20,21)22)7-11(9-27)19(23,24)25/h2-6,10-11H,7-9H2,1H3. The maximum absolute atomic E-state index is 13.3. The number of halogens is 6. The zero-order valence-corrected chi connectivity index (χ0v) is 16.8. The lowest BCUT2D eigenvalue weighted by molar-refractivity contribution is -0.224. The van der Waals surface area contributed by atoms with Gasteiger partial charge < -0.3 is 4.90 Å². The van der Waals surface area contributed by atoms with Crippen molar-refractivity contribution in [1.82, 2.24) is 4.31 Å². The van der Waals surface area contributed by atoms with Gasteiger partial charge in [0.1, 0.15) is 0 Å². The molecule has 12 heteroatoms. The van der Waals surface area contributed by atoms with Gasteiger partial charge in [-0.1, -0.05) is 12.1 Å². The van der Waals surface area contributed by atoms with Crippen LogP contribution >= 0.6 is 0 Å². The van der Waals surface area contributed by atoms with Crippen LogP contribution in [0.5, 0.6) is 0 Å². The summed E-state index contributed by atoms with van der Waals surface area (Å²) in [5.74, 6) is -5.26. The van der Waals surface area contributed by atoms with Crippen LogP contribution in [0.2, 0.25) is 0 Å². The van der Waals surface area contributed by atoms with Crippen molar-refractivity contribution in [2.24, 2.45) is 11.8 Å². The molecule has 1 amide bonds. The van der Waals surface area contributed by atoms with E-state index in [0.717, 1.165) is 6.07 Å². The summed E-state index contributed by atoms with van der Waals surface area (Å²) < 4.78 is 106. The topological polar surface area (TPSA) is 57.7 Å². The summed E-state index contributed by atoms with van der Waals surface area (Å²) in [7, 11) is -3.23. The molecule has 2 heterocycles. The van der Waals surface area contributed by atoms with Crippen molar-refractivity contribution in [1.29, 1.82) is 0 Å². The Labute approximate surface area is 173 Å². The predicted molar refractivity (Wildman–Crippen MR) is 99.1 cm³/mol. The van der Waals surface area contributed by atoms with Crippen LogP contribution in [0.15, 0.2) is 35.2 Å². The van der Waals surface area contributed by atoms with Crippen molar-refractivity contribution < 1.29 is 39.6 Å². The number of hydrogen-bond acceptors (Lipinski definition) is 3. The quantitative estimate of drug-likeness (QED) is 0.624. The summed E-state index contributed by atoms with van der Waals surface area (Å²) in [5.41, 5.74) is 0.626. The van der Waals surface area contributed by atoms with Gasteiger partial charge in [0.15, 0.2) is 0 Å². The van der Waals surface area contributed by atoms with Crippen molar-refractivity contribution in [3.05, 3.63) is 35.9 Å². The van der Waals surface area contributed by atoms with Crippen LogP contribution < -0.4 is 4.90 Å². The Hall–Kier alpha value is -2.34. The lowest BCUT2D eigenvalue weighted by Crippen LogP contribution is -2.51. The highest BCUT2D eigenvalue weighted by Crippen LogP contribution is 2.44. The predicted octanol–water partition coefficient (Wildman–Crippen LogP) is 4.18. The molecule has 2 aromatic rings. The largest absolute Gasteiger partial charge is 0.393 e.